The molecule has 0 spiro atoms. The molecule has 8 nitrogen and oxygen atoms in total. The van der Waals surface area contributed by atoms with E-state index in [1.54, 1.807) is 9.13 Å². The summed E-state index contributed by atoms with van der Waals surface area (Å²) in [5.41, 5.74) is 4.35. The molecule has 0 bridgehead atoms. The van der Waals surface area contributed by atoms with E-state index in [1.165, 1.54) is 0 Å². The lowest BCUT2D eigenvalue weighted by molar-refractivity contribution is 0.248. The molecule has 7 rings (SSSR count). The van der Waals surface area contributed by atoms with Gasteiger partial charge in [0.25, 0.3) is 0 Å². The van der Waals surface area contributed by atoms with E-state index in [2.05, 4.69) is 19.8 Å². The van der Waals surface area contributed by atoms with Gasteiger partial charge < -0.3 is 9.80 Å². The van der Waals surface area contributed by atoms with Gasteiger partial charge in [-0.25, -0.2) is 9.59 Å². The van der Waals surface area contributed by atoms with Gasteiger partial charge in [-0.05, 0) is 81.8 Å². The molecule has 0 amide bonds. The standard InChI is InChI=1S/C39H38Cl2N6O2/c40-30-14-16-34-32(26-30)36(28-10-3-1-4-11-28)42-38(48)46(34)22-8-20-44-18-7-19-45(25-24-44)21-9-23-47-35-17-15-31(41)27-33(35)37(43-39(47)49)29-12-5-2-6-13-29/h1-6,10-17,26-27H,7-9,18-25H2. The fourth-order valence-corrected chi connectivity index (χ4v) is 7.29. The molecule has 6 aromatic rings. The maximum Gasteiger partial charge on any atom is 0.348 e. The number of hydrogen-bond acceptors (Lipinski definition) is 6. The van der Waals surface area contributed by atoms with E-state index in [1.807, 2.05) is 97.1 Å². The summed E-state index contributed by atoms with van der Waals surface area (Å²) in [4.78, 5) is 40.5. The molecule has 2 aromatic heterocycles. The molecule has 49 heavy (non-hydrogen) atoms. The van der Waals surface area contributed by atoms with Gasteiger partial charge in [-0.1, -0.05) is 83.9 Å². The van der Waals surface area contributed by atoms with Crippen LogP contribution in [0.2, 0.25) is 10.0 Å². The molecule has 1 aliphatic rings. The fraction of sp³-hybridized carbons (Fsp3) is 0.282. The highest BCUT2D eigenvalue weighted by Gasteiger charge is 2.18. The first kappa shape index (κ1) is 33.2. The second kappa shape index (κ2) is 15.0. The van der Waals surface area contributed by atoms with E-state index < -0.39 is 0 Å². The van der Waals surface area contributed by atoms with Crippen molar-refractivity contribution in [2.24, 2.45) is 0 Å². The van der Waals surface area contributed by atoms with E-state index in [4.69, 9.17) is 23.2 Å². The van der Waals surface area contributed by atoms with Crippen LogP contribution in [0, 0.1) is 0 Å². The zero-order valence-corrected chi connectivity index (χ0v) is 28.8. The van der Waals surface area contributed by atoms with Crippen molar-refractivity contribution in [2.45, 2.75) is 32.4 Å². The Hall–Kier alpha value is -4.34. The van der Waals surface area contributed by atoms with Crippen LogP contribution in [0.15, 0.2) is 107 Å². The van der Waals surface area contributed by atoms with Crippen LogP contribution in [0.3, 0.4) is 0 Å². The first-order chi connectivity index (χ1) is 23.9. The summed E-state index contributed by atoms with van der Waals surface area (Å²) < 4.78 is 3.56. The molecule has 0 N–H and O–H groups in total. The van der Waals surface area contributed by atoms with Crippen molar-refractivity contribution in [3.63, 3.8) is 0 Å². The summed E-state index contributed by atoms with van der Waals surface area (Å²) in [5.74, 6) is 0. The number of aryl methyl sites for hydroxylation is 2. The fourth-order valence-electron chi connectivity index (χ4n) is 6.95. The van der Waals surface area contributed by atoms with Gasteiger partial charge in [0, 0.05) is 58.1 Å². The first-order valence-electron chi connectivity index (χ1n) is 16.9. The Bertz CT molecular complexity index is 2050. The van der Waals surface area contributed by atoms with Gasteiger partial charge in [0.1, 0.15) is 0 Å². The van der Waals surface area contributed by atoms with Gasteiger partial charge >= 0.3 is 11.4 Å². The van der Waals surface area contributed by atoms with E-state index in [-0.39, 0.29) is 11.4 Å². The Balaban J connectivity index is 0.964. The average Bonchev–Trinajstić information content (AvgIpc) is 3.35. The normalized spacial score (nSPS) is 14.4. The van der Waals surface area contributed by atoms with E-state index in [0.717, 1.165) is 91.5 Å². The van der Waals surface area contributed by atoms with Crippen molar-refractivity contribution in [1.29, 1.82) is 0 Å². The minimum absolute atomic E-state index is 0.240. The zero-order chi connectivity index (χ0) is 33.7. The summed E-state index contributed by atoms with van der Waals surface area (Å²) in [6.45, 7) is 6.94. The largest absolute Gasteiger partial charge is 0.348 e. The molecule has 3 heterocycles. The lowest BCUT2D eigenvalue weighted by atomic mass is 10.1. The quantitative estimate of drug-likeness (QED) is 0.151. The Morgan fingerprint density at radius 2 is 0.959 bits per heavy atom. The second-order valence-electron chi connectivity index (χ2n) is 12.6. The number of halogens is 2. The van der Waals surface area contributed by atoms with Crippen LogP contribution in [0.5, 0.6) is 0 Å². The molecule has 1 aliphatic heterocycles. The lowest BCUT2D eigenvalue weighted by Gasteiger charge is -2.22. The minimum atomic E-state index is -0.240. The third kappa shape index (κ3) is 7.48. The van der Waals surface area contributed by atoms with Crippen molar-refractivity contribution in [3.05, 3.63) is 128 Å². The van der Waals surface area contributed by atoms with Crippen LogP contribution in [-0.4, -0.2) is 68.2 Å². The van der Waals surface area contributed by atoms with Crippen molar-refractivity contribution < 1.29 is 0 Å². The van der Waals surface area contributed by atoms with E-state index >= 15 is 0 Å². The molecule has 1 fully saturated rings. The maximum absolute atomic E-state index is 13.3. The Kier molecular flexibility index (Phi) is 10.2. The smallest absolute Gasteiger partial charge is 0.302 e. The van der Waals surface area contributed by atoms with Gasteiger partial charge in [-0.2, -0.15) is 9.97 Å². The molecular weight excluding hydrogens is 655 g/mol. The van der Waals surface area contributed by atoms with Gasteiger partial charge in [0.15, 0.2) is 0 Å². The topological polar surface area (TPSA) is 76.3 Å². The summed E-state index contributed by atoms with van der Waals surface area (Å²) in [5, 5.41) is 3.00. The Morgan fingerprint density at radius 1 is 0.531 bits per heavy atom. The highest BCUT2D eigenvalue weighted by Crippen LogP contribution is 2.29. The minimum Gasteiger partial charge on any atom is -0.302 e. The molecule has 10 heteroatoms. The molecule has 4 aromatic carbocycles. The number of rotatable bonds is 10. The van der Waals surface area contributed by atoms with Crippen LogP contribution in [-0.2, 0) is 13.1 Å². The molecular formula is C39H38Cl2N6O2. The number of benzene rings is 4. The Labute approximate surface area is 295 Å². The molecule has 250 valence electrons. The maximum atomic E-state index is 13.3. The first-order valence-corrected chi connectivity index (χ1v) is 17.7. The average molecular weight is 694 g/mol. The van der Waals surface area contributed by atoms with Crippen LogP contribution < -0.4 is 11.4 Å². The molecule has 0 radical (unpaired) electrons. The number of aromatic nitrogens is 4. The molecule has 0 saturated carbocycles. The van der Waals surface area contributed by atoms with Crippen molar-refractivity contribution >= 4 is 45.0 Å². The number of fused-ring (bicyclic) bond motifs is 2. The summed E-state index contributed by atoms with van der Waals surface area (Å²) in [7, 11) is 0. The highest BCUT2D eigenvalue weighted by molar-refractivity contribution is 6.31. The van der Waals surface area contributed by atoms with Crippen LogP contribution in [0.1, 0.15) is 19.3 Å². The molecule has 0 atom stereocenters. The summed E-state index contributed by atoms with van der Waals surface area (Å²) in [6.07, 6.45) is 2.76. The van der Waals surface area contributed by atoms with Crippen molar-refractivity contribution in [3.8, 4) is 22.5 Å². The van der Waals surface area contributed by atoms with E-state index in [0.29, 0.717) is 34.5 Å². The zero-order valence-electron chi connectivity index (χ0n) is 27.3. The van der Waals surface area contributed by atoms with E-state index in [9.17, 15) is 9.59 Å². The van der Waals surface area contributed by atoms with Gasteiger partial charge in [-0.3, -0.25) is 9.13 Å². The van der Waals surface area contributed by atoms with Gasteiger partial charge in [0.2, 0.25) is 0 Å². The summed E-state index contributed by atoms with van der Waals surface area (Å²) >= 11 is 12.8. The number of nitrogens with zero attached hydrogens (tertiary/aromatic N) is 6. The number of hydrogen-bond donors (Lipinski definition) is 0. The predicted octanol–water partition coefficient (Wildman–Crippen LogP) is 7.24. The predicted molar refractivity (Wildman–Crippen MR) is 200 cm³/mol. The third-order valence-corrected chi connectivity index (χ3v) is 9.84. The molecule has 0 aliphatic carbocycles. The Morgan fingerprint density at radius 3 is 1.39 bits per heavy atom. The van der Waals surface area contributed by atoms with Gasteiger partial charge in [-0.15, -0.1) is 0 Å². The lowest BCUT2D eigenvalue weighted by Crippen LogP contribution is -2.33. The third-order valence-electron chi connectivity index (χ3n) is 9.37. The monoisotopic (exact) mass is 692 g/mol. The summed E-state index contributed by atoms with van der Waals surface area (Å²) in [6, 6.07) is 30.9. The van der Waals surface area contributed by atoms with Crippen LogP contribution >= 0.6 is 23.2 Å². The van der Waals surface area contributed by atoms with Crippen molar-refractivity contribution in [1.82, 2.24) is 28.9 Å². The van der Waals surface area contributed by atoms with Crippen LogP contribution in [0.25, 0.3) is 44.3 Å². The SMILES string of the molecule is O=c1nc(-c2ccccc2)c2cc(Cl)ccc2n1CCCN1CCCN(CCCn2c(=O)nc(-c3ccccc3)c3cc(Cl)ccc32)CC1. The molecule has 0 unspecified atom stereocenters. The molecule has 1 saturated heterocycles. The van der Waals surface area contributed by atoms with Crippen LogP contribution in [0.4, 0.5) is 0 Å². The highest BCUT2D eigenvalue weighted by atomic mass is 35.5. The van der Waals surface area contributed by atoms with Crippen molar-refractivity contribution in [2.75, 3.05) is 39.3 Å². The van der Waals surface area contributed by atoms with Gasteiger partial charge in [0.05, 0.1) is 22.4 Å². The second-order valence-corrected chi connectivity index (χ2v) is 13.5.